The normalized spacial score (nSPS) is 15.0. The Morgan fingerprint density at radius 3 is 2.83 bits per heavy atom. The molecule has 0 aliphatic carbocycles. The summed E-state index contributed by atoms with van der Waals surface area (Å²) in [6.45, 7) is 2.12. The van der Waals surface area contributed by atoms with Crippen LogP contribution in [-0.4, -0.2) is 22.6 Å². The van der Waals surface area contributed by atoms with Crippen LogP contribution >= 0.6 is 23.6 Å². The number of para-hydroxylation sites is 1. The number of benzene rings is 2. The van der Waals surface area contributed by atoms with E-state index in [1.165, 1.54) is 18.3 Å². The molecule has 0 radical (unpaired) electrons. The molecule has 0 spiro atoms. The number of carbonyl (C=O) groups excluding carboxylic acids is 1. The third-order valence-corrected chi connectivity index (χ3v) is 5.44. The number of nitrogens with one attached hydrogen (secondary N) is 3. The van der Waals surface area contributed by atoms with Crippen LogP contribution in [0.25, 0.3) is 11.3 Å². The molecule has 0 fully saturated rings. The first-order chi connectivity index (χ1) is 14.1. The molecule has 1 unspecified atom stereocenters. The maximum Gasteiger partial charge on any atom is 0.217 e. The van der Waals surface area contributed by atoms with Gasteiger partial charge in [-0.1, -0.05) is 18.2 Å². The molecule has 6 nitrogen and oxygen atoms in total. The van der Waals surface area contributed by atoms with E-state index in [2.05, 4.69) is 20.9 Å². The molecule has 8 heteroatoms. The minimum atomic E-state index is -0.0483. The number of rotatable bonds is 4. The first-order valence-corrected chi connectivity index (χ1v) is 10.5. The number of nitrogens with zero attached hydrogens (tertiary/aromatic N) is 1. The molecule has 148 valence electrons. The van der Waals surface area contributed by atoms with Gasteiger partial charge in [-0.2, -0.15) is 0 Å². The van der Waals surface area contributed by atoms with Crippen LogP contribution in [0.2, 0.25) is 0 Å². The SMILES string of the molecule is CC(=O)NC1CCOc2ccc(-c3csc(NC(=S)Nc4ccccc4)n3)cc21. The summed E-state index contributed by atoms with van der Waals surface area (Å²) in [5.41, 5.74) is 3.71. The number of fused-ring (bicyclic) bond motifs is 1. The lowest BCUT2D eigenvalue weighted by Crippen LogP contribution is -2.30. The predicted octanol–water partition coefficient (Wildman–Crippen LogP) is 4.58. The molecule has 1 aromatic heterocycles. The number of anilines is 2. The van der Waals surface area contributed by atoms with Crippen molar-refractivity contribution in [1.82, 2.24) is 10.3 Å². The van der Waals surface area contributed by atoms with E-state index in [1.807, 2.05) is 53.9 Å². The fourth-order valence-corrected chi connectivity index (χ4v) is 4.20. The summed E-state index contributed by atoms with van der Waals surface area (Å²) in [6, 6.07) is 15.6. The number of ether oxygens (including phenoxy) is 1. The summed E-state index contributed by atoms with van der Waals surface area (Å²) in [6.07, 6.45) is 0.749. The summed E-state index contributed by atoms with van der Waals surface area (Å²) in [5, 5.41) is 12.4. The van der Waals surface area contributed by atoms with E-state index in [9.17, 15) is 4.79 Å². The quantitative estimate of drug-likeness (QED) is 0.533. The number of thiocarbonyl (C=S) groups is 1. The lowest BCUT2D eigenvalue weighted by atomic mass is 9.97. The second-order valence-corrected chi connectivity index (χ2v) is 7.89. The number of aromatic nitrogens is 1. The van der Waals surface area contributed by atoms with Crippen LogP contribution in [0, 0.1) is 0 Å². The van der Waals surface area contributed by atoms with Gasteiger partial charge < -0.3 is 20.7 Å². The molecular weight excluding hydrogens is 404 g/mol. The molecule has 0 saturated heterocycles. The number of amides is 1. The number of thiazole rings is 1. The molecule has 2 heterocycles. The average molecular weight is 425 g/mol. The Balaban J connectivity index is 1.49. The molecule has 1 atom stereocenters. The third-order valence-electron chi connectivity index (χ3n) is 4.48. The second-order valence-electron chi connectivity index (χ2n) is 6.63. The first kappa shape index (κ1) is 19.4. The van der Waals surface area contributed by atoms with E-state index in [4.69, 9.17) is 17.0 Å². The van der Waals surface area contributed by atoms with Crippen LogP contribution in [0.5, 0.6) is 5.75 Å². The van der Waals surface area contributed by atoms with Crippen LogP contribution in [0.3, 0.4) is 0 Å². The Bertz CT molecular complexity index is 1040. The lowest BCUT2D eigenvalue weighted by molar-refractivity contribution is -0.119. The summed E-state index contributed by atoms with van der Waals surface area (Å²) in [5.74, 6) is 0.758. The molecule has 1 aliphatic heterocycles. The van der Waals surface area contributed by atoms with Gasteiger partial charge in [0, 0.05) is 35.5 Å². The van der Waals surface area contributed by atoms with Gasteiger partial charge in [0.05, 0.1) is 18.3 Å². The summed E-state index contributed by atoms with van der Waals surface area (Å²) in [4.78, 5) is 16.2. The fraction of sp³-hybridized carbons (Fsp3) is 0.190. The highest BCUT2D eigenvalue weighted by atomic mass is 32.1. The van der Waals surface area contributed by atoms with E-state index in [0.717, 1.165) is 34.7 Å². The van der Waals surface area contributed by atoms with Gasteiger partial charge in [-0.15, -0.1) is 11.3 Å². The van der Waals surface area contributed by atoms with Crippen LogP contribution < -0.4 is 20.7 Å². The molecule has 29 heavy (non-hydrogen) atoms. The molecule has 0 saturated carbocycles. The van der Waals surface area contributed by atoms with E-state index in [0.29, 0.717) is 16.9 Å². The topological polar surface area (TPSA) is 75.3 Å². The first-order valence-electron chi connectivity index (χ1n) is 9.21. The van der Waals surface area contributed by atoms with Gasteiger partial charge in [0.15, 0.2) is 10.2 Å². The highest BCUT2D eigenvalue weighted by Gasteiger charge is 2.23. The summed E-state index contributed by atoms with van der Waals surface area (Å²) in [7, 11) is 0. The van der Waals surface area contributed by atoms with Crippen LogP contribution in [0.15, 0.2) is 53.9 Å². The Morgan fingerprint density at radius 1 is 1.21 bits per heavy atom. The zero-order chi connectivity index (χ0) is 20.2. The van der Waals surface area contributed by atoms with E-state index in [-0.39, 0.29) is 11.9 Å². The van der Waals surface area contributed by atoms with E-state index < -0.39 is 0 Å². The molecule has 3 N–H and O–H groups in total. The Labute approximate surface area is 178 Å². The third kappa shape index (κ3) is 4.72. The van der Waals surface area contributed by atoms with Crippen molar-refractivity contribution in [1.29, 1.82) is 0 Å². The molecule has 1 aliphatic rings. The second kappa shape index (κ2) is 8.59. The largest absolute Gasteiger partial charge is 0.493 e. The zero-order valence-corrected chi connectivity index (χ0v) is 17.4. The monoisotopic (exact) mass is 424 g/mol. The minimum absolute atomic E-state index is 0.0462. The van der Waals surface area contributed by atoms with Crippen LogP contribution in [0.1, 0.15) is 24.9 Å². The molecule has 1 amide bonds. The Kier molecular flexibility index (Phi) is 5.73. The zero-order valence-electron chi connectivity index (χ0n) is 15.8. The van der Waals surface area contributed by atoms with Gasteiger partial charge in [0.1, 0.15) is 5.75 Å². The molecule has 3 aromatic rings. The van der Waals surface area contributed by atoms with Crippen LogP contribution in [0.4, 0.5) is 10.8 Å². The van der Waals surface area contributed by atoms with Crippen molar-refractivity contribution in [2.75, 3.05) is 17.2 Å². The van der Waals surface area contributed by atoms with Gasteiger partial charge in [0.2, 0.25) is 5.91 Å². The van der Waals surface area contributed by atoms with Gasteiger partial charge in [-0.25, -0.2) is 4.98 Å². The molecule has 4 rings (SSSR count). The van der Waals surface area contributed by atoms with Crippen molar-refractivity contribution < 1.29 is 9.53 Å². The number of carbonyl (C=O) groups is 1. The van der Waals surface area contributed by atoms with Crippen LogP contribution in [-0.2, 0) is 4.79 Å². The summed E-state index contributed by atoms with van der Waals surface area (Å²) >= 11 is 6.85. The molecular formula is C21H20N4O2S2. The van der Waals surface area contributed by atoms with Gasteiger partial charge in [-0.3, -0.25) is 4.79 Å². The van der Waals surface area contributed by atoms with Crippen molar-refractivity contribution in [3.05, 3.63) is 59.5 Å². The predicted molar refractivity (Wildman–Crippen MR) is 121 cm³/mol. The summed E-state index contributed by atoms with van der Waals surface area (Å²) < 4.78 is 5.73. The Morgan fingerprint density at radius 2 is 2.03 bits per heavy atom. The van der Waals surface area contributed by atoms with E-state index >= 15 is 0 Å². The smallest absolute Gasteiger partial charge is 0.217 e. The minimum Gasteiger partial charge on any atom is -0.493 e. The van der Waals surface area contributed by atoms with E-state index in [1.54, 1.807) is 0 Å². The van der Waals surface area contributed by atoms with Crippen molar-refractivity contribution in [3.8, 4) is 17.0 Å². The van der Waals surface area contributed by atoms with Gasteiger partial charge in [0.25, 0.3) is 0 Å². The van der Waals surface area contributed by atoms with Crippen molar-refractivity contribution in [2.45, 2.75) is 19.4 Å². The average Bonchev–Trinajstić information content (AvgIpc) is 3.16. The highest BCUT2D eigenvalue weighted by Crippen LogP contribution is 2.36. The van der Waals surface area contributed by atoms with Crippen molar-refractivity contribution in [3.63, 3.8) is 0 Å². The van der Waals surface area contributed by atoms with Gasteiger partial charge >= 0.3 is 0 Å². The molecule has 2 aromatic carbocycles. The van der Waals surface area contributed by atoms with Crippen molar-refractivity contribution >= 4 is 45.4 Å². The molecule has 0 bridgehead atoms. The highest BCUT2D eigenvalue weighted by molar-refractivity contribution is 7.80. The maximum atomic E-state index is 11.5. The number of hydrogen-bond donors (Lipinski definition) is 3. The van der Waals surface area contributed by atoms with Gasteiger partial charge in [-0.05, 0) is 42.5 Å². The number of hydrogen-bond acceptors (Lipinski definition) is 5. The standard InChI is InChI=1S/C21H20N4O2S2/c1-13(26)22-17-9-10-27-19-8-7-14(11-16(17)19)18-12-29-21(24-18)25-20(28)23-15-5-3-2-4-6-15/h2-8,11-12,17H,9-10H2,1H3,(H,22,26)(H2,23,24,25,28). The Hall–Kier alpha value is -2.97. The van der Waals surface area contributed by atoms with Crippen molar-refractivity contribution in [2.24, 2.45) is 0 Å². The fourth-order valence-electron chi connectivity index (χ4n) is 3.19. The maximum absolute atomic E-state index is 11.5. The lowest BCUT2D eigenvalue weighted by Gasteiger charge is -2.26.